The van der Waals surface area contributed by atoms with Crippen LogP contribution in [-0.4, -0.2) is 60.5 Å². The van der Waals surface area contributed by atoms with Gasteiger partial charge in [0.2, 0.25) is 5.91 Å². The lowest BCUT2D eigenvalue weighted by atomic mass is 10.0. The average molecular weight is 298 g/mol. The number of esters is 1. The molecule has 1 rings (SSSR count). The number of rotatable bonds is 8. The summed E-state index contributed by atoms with van der Waals surface area (Å²) in [6.45, 7) is 9.28. The van der Waals surface area contributed by atoms with Gasteiger partial charge in [-0.2, -0.15) is 0 Å². The van der Waals surface area contributed by atoms with Crippen molar-refractivity contribution in [1.29, 1.82) is 0 Å². The molecule has 0 aromatic heterocycles. The van der Waals surface area contributed by atoms with Crippen molar-refractivity contribution in [2.75, 3.05) is 32.8 Å². The Kier molecular flexibility index (Phi) is 8.35. The van der Waals surface area contributed by atoms with Crippen molar-refractivity contribution in [2.45, 2.75) is 58.9 Å². The summed E-state index contributed by atoms with van der Waals surface area (Å²) in [5.74, 6) is -0.187. The van der Waals surface area contributed by atoms with E-state index in [2.05, 4.69) is 18.7 Å². The summed E-state index contributed by atoms with van der Waals surface area (Å²) in [6, 6.07) is -0.379. The summed E-state index contributed by atoms with van der Waals surface area (Å²) in [5.41, 5.74) is 0. The average Bonchev–Trinajstić information content (AvgIpc) is 2.51. The number of hydrogen-bond donors (Lipinski definition) is 0. The number of nitrogens with zero attached hydrogens (tertiary/aromatic N) is 2. The highest BCUT2D eigenvalue weighted by Gasteiger charge is 2.33. The van der Waals surface area contributed by atoms with Gasteiger partial charge < -0.3 is 9.64 Å². The third-order valence-corrected chi connectivity index (χ3v) is 4.02. The maximum Gasteiger partial charge on any atom is 0.328 e. The second-order valence-electron chi connectivity index (χ2n) is 5.57. The second kappa shape index (κ2) is 9.77. The fourth-order valence-corrected chi connectivity index (χ4v) is 2.73. The highest BCUT2D eigenvalue weighted by molar-refractivity contribution is 5.85. The molecule has 0 aromatic rings. The normalized spacial score (nSPS) is 18.9. The number of likely N-dealkylation sites (N-methyl/N-ethyl adjacent to an activating group) is 1. The molecule has 0 saturated carbocycles. The van der Waals surface area contributed by atoms with Gasteiger partial charge in [-0.15, -0.1) is 0 Å². The molecule has 122 valence electrons. The van der Waals surface area contributed by atoms with E-state index in [1.807, 2.05) is 0 Å². The first-order valence-electron chi connectivity index (χ1n) is 8.32. The summed E-state index contributed by atoms with van der Waals surface area (Å²) in [6.07, 6.45) is 4.91. The van der Waals surface area contributed by atoms with E-state index in [-0.39, 0.29) is 17.9 Å². The van der Waals surface area contributed by atoms with Crippen molar-refractivity contribution in [3.8, 4) is 0 Å². The Morgan fingerprint density at radius 3 is 2.62 bits per heavy atom. The molecular weight excluding hydrogens is 268 g/mol. The number of unbranched alkanes of at least 4 members (excludes halogenated alkanes) is 1. The molecule has 0 radical (unpaired) electrons. The monoisotopic (exact) mass is 298 g/mol. The van der Waals surface area contributed by atoms with Crippen molar-refractivity contribution in [2.24, 2.45) is 0 Å². The van der Waals surface area contributed by atoms with Crippen molar-refractivity contribution in [1.82, 2.24) is 9.80 Å². The molecule has 1 unspecified atom stereocenters. The van der Waals surface area contributed by atoms with Gasteiger partial charge >= 0.3 is 5.97 Å². The predicted molar refractivity (Wildman–Crippen MR) is 83.0 cm³/mol. The van der Waals surface area contributed by atoms with Gasteiger partial charge in [0.05, 0.1) is 13.2 Å². The van der Waals surface area contributed by atoms with E-state index in [0.29, 0.717) is 19.7 Å². The van der Waals surface area contributed by atoms with Gasteiger partial charge in [-0.25, -0.2) is 4.79 Å². The van der Waals surface area contributed by atoms with Crippen LogP contribution in [0.5, 0.6) is 0 Å². The van der Waals surface area contributed by atoms with E-state index in [0.717, 1.165) is 45.2 Å². The maximum atomic E-state index is 12.5. The second-order valence-corrected chi connectivity index (χ2v) is 5.57. The molecule has 1 aliphatic heterocycles. The molecule has 0 aliphatic carbocycles. The molecule has 21 heavy (non-hydrogen) atoms. The Labute approximate surface area is 128 Å². The first kappa shape index (κ1) is 18.0. The molecule has 1 heterocycles. The lowest BCUT2D eigenvalue weighted by molar-refractivity contribution is -0.157. The summed E-state index contributed by atoms with van der Waals surface area (Å²) >= 11 is 0. The number of hydrogen-bond acceptors (Lipinski definition) is 4. The molecular formula is C16H30N2O3. The molecule has 1 saturated heterocycles. The van der Waals surface area contributed by atoms with Crippen LogP contribution in [0.2, 0.25) is 0 Å². The zero-order chi connectivity index (χ0) is 15.7. The molecule has 1 fully saturated rings. The Morgan fingerprint density at radius 2 is 2.00 bits per heavy atom. The van der Waals surface area contributed by atoms with Crippen LogP contribution in [0, 0.1) is 0 Å². The minimum atomic E-state index is -0.379. The van der Waals surface area contributed by atoms with Crippen LogP contribution in [0.1, 0.15) is 52.9 Å². The molecule has 0 N–H and O–H groups in total. The van der Waals surface area contributed by atoms with Gasteiger partial charge in [-0.1, -0.05) is 20.3 Å². The Morgan fingerprint density at radius 1 is 1.24 bits per heavy atom. The molecule has 1 atom stereocenters. The highest BCUT2D eigenvalue weighted by Crippen LogP contribution is 2.18. The zero-order valence-electron chi connectivity index (χ0n) is 13.8. The van der Waals surface area contributed by atoms with Crippen LogP contribution in [0.25, 0.3) is 0 Å². The standard InChI is InChI=1S/C16H30N2O3/c1-4-7-11-17(5-2)13-15(19)18-12-9-8-10-14(18)16(20)21-6-3/h14H,4-13H2,1-3H3. The van der Waals surface area contributed by atoms with Crippen LogP contribution in [-0.2, 0) is 14.3 Å². The minimum absolute atomic E-state index is 0.0608. The SMILES string of the molecule is CCCCN(CC)CC(=O)N1CCCCC1C(=O)OCC. The van der Waals surface area contributed by atoms with Crippen molar-refractivity contribution in [3.63, 3.8) is 0 Å². The Hall–Kier alpha value is -1.10. The lowest BCUT2D eigenvalue weighted by Crippen LogP contribution is -2.51. The van der Waals surface area contributed by atoms with E-state index in [4.69, 9.17) is 4.74 Å². The van der Waals surface area contributed by atoms with Crippen LogP contribution in [0.15, 0.2) is 0 Å². The van der Waals surface area contributed by atoms with Gasteiger partial charge in [0.1, 0.15) is 6.04 Å². The first-order chi connectivity index (χ1) is 10.1. The zero-order valence-corrected chi connectivity index (χ0v) is 13.8. The van der Waals surface area contributed by atoms with E-state index >= 15 is 0 Å². The fourth-order valence-electron chi connectivity index (χ4n) is 2.73. The largest absolute Gasteiger partial charge is 0.464 e. The molecule has 0 spiro atoms. The van der Waals surface area contributed by atoms with E-state index in [9.17, 15) is 9.59 Å². The van der Waals surface area contributed by atoms with E-state index < -0.39 is 0 Å². The van der Waals surface area contributed by atoms with Crippen molar-refractivity contribution >= 4 is 11.9 Å². The maximum absolute atomic E-state index is 12.5. The van der Waals surface area contributed by atoms with Crippen LogP contribution in [0.4, 0.5) is 0 Å². The fraction of sp³-hybridized carbons (Fsp3) is 0.875. The summed E-state index contributed by atoms with van der Waals surface area (Å²) in [4.78, 5) is 28.4. The van der Waals surface area contributed by atoms with Gasteiger partial charge in [-0.05, 0) is 45.7 Å². The van der Waals surface area contributed by atoms with Gasteiger partial charge in [0.15, 0.2) is 0 Å². The topological polar surface area (TPSA) is 49.9 Å². The van der Waals surface area contributed by atoms with E-state index in [1.54, 1.807) is 11.8 Å². The number of carbonyl (C=O) groups is 2. The van der Waals surface area contributed by atoms with Crippen molar-refractivity contribution in [3.05, 3.63) is 0 Å². The Balaban J connectivity index is 2.61. The molecule has 5 nitrogen and oxygen atoms in total. The number of piperidine rings is 1. The number of likely N-dealkylation sites (tertiary alicyclic amines) is 1. The Bertz CT molecular complexity index is 333. The molecule has 1 amide bonds. The smallest absolute Gasteiger partial charge is 0.328 e. The van der Waals surface area contributed by atoms with Gasteiger partial charge in [-0.3, -0.25) is 9.69 Å². The van der Waals surface area contributed by atoms with Gasteiger partial charge in [0.25, 0.3) is 0 Å². The quantitative estimate of drug-likeness (QED) is 0.644. The predicted octanol–water partition coefficient (Wildman–Crippen LogP) is 2.05. The summed E-state index contributed by atoms with van der Waals surface area (Å²) < 4.78 is 5.11. The van der Waals surface area contributed by atoms with Crippen LogP contribution < -0.4 is 0 Å². The summed E-state index contributed by atoms with van der Waals surface area (Å²) in [5, 5.41) is 0. The highest BCUT2D eigenvalue weighted by atomic mass is 16.5. The van der Waals surface area contributed by atoms with Gasteiger partial charge in [0, 0.05) is 6.54 Å². The molecule has 1 aliphatic rings. The van der Waals surface area contributed by atoms with E-state index in [1.165, 1.54) is 0 Å². The van der Waals surface area contributed by atoms with Crippen LogP contribution >= 0.6 is 0 Å². The first-order valence-corrected chi connectivity index (χ1v) is 8.32. The number of ether oxygens (including phenoxy) is 1. The molecule has 0 bridgehead atoms. The summed E-state index contributed by atoms with van der Waals surface area (Å²) in [7, 11) is 0. The third-order valence-electron chi connectivity index (χ3n) is 4.02. The minimum Gasteiger partial charge on any atom is -0.464 e. The lowest BCUT2D eigenvalue weighted by Gasteiger charge is -2.35. The van der Waals surface area contributed by atoms with Crippen molar-refractivity contribution < 1.29 is 14.3 Å². The molecule has 0 aromatic carbocycles. The van der Waals surface area contributed by atoms with Crippen LogP contribution in [0.3, 0.4) is 0 Å². The number of amides is 1. The third kappa shape index (κ3) is 5.65. The number of carbonyl (C=O) groups excluding carboxylic acids is 2. The molecule has 5 heteroatoms.